The molecule has 2 aliphatic heterocycles. The van der Waals surface area contributed by atoms with Gasteiger partial charge in [0.1, 0.15) is 6.17 Å². The Kier molecular flexibility index (Phi) is 3.96. The summed E-state index contributed by atoms with van der Waals surface area (Å²) in [6, 6.07) is 7.50. The van der Waals surface area contributed by atoms with Gasteiger partial charge in [-0.2, -0.15) is 0 Å². The van der Waals surface area contributed by atoms with Crippen LogP contribution in [0.15, 0.2) is 24.3 Å². The van der Waals surface area contributed by atoms with Gasteiger partial charge >= 0.3 is 0 Å². The van der Waals surface area contributed by atoms with Gasteiger partial charge in [0.15, 0.2) is 0 Å². The molecule has 0 bridgehead atoms. The molecule has 1 N–H and O–H groups in total. The number of nitrogens with one attached hydrogen (secondary N) is 1. The number of ether oxygens (including phenoxy) is 1. The Hall–Kier alpha value is -1.10. The summed E-state index contributed by atoms with van der Waals surface area (Å²) in [6.45, 7) is 3.35. The minimum Gasteiger partial charge on any atom is -0.376 e. The SMILES string of the molecule is CC1NC(c2cccc(Cl)c2)N(CC2CCCO2)C1=O. The maximum Gasteiger partial charge on any atom is 0.241 e. The molecule has 0 aliphatic carbocycles. The van der Waals surface area contributed by atoms with Crippen LogP contribution in [0.1, 0.15) is 31.5 Å². The molecule has 0 radical (unpaired) electrons. The van der Waals surface area contributed by atoms with Gasteiger partial charge < -0.3 is 9.64 Å². The Morgan fingerprint density at radius 2 is 2.35 bits per heavy atom. The molecule has 2 heterocycles. The molecular weight excluding hydrogens is 276 g/mol. The van der Waals surface area contributed by atoms with Crippen LogP contribution in [0.2, 0.25) is 5.02 Å². The third-order valence-electron chi connectivity index (χ3n) is 3.96. The van der Waals surface area contributed by atoms with E-state index >= 15 is 0 Å². The van der Waals surface area contributed by atoms with Gasteiger partial charge in [0.2, 0.25) is 5.91 Å². The lowest BCUT2D eigenvalue weighted by atomic mass is 10.1. The first kappa shape index (κ1) is 13.9. The van der Waals surface area contributed by atoms with Gasteiger partial charge in [0.25, 0.3) is 0 Å². The van der Waals surface area contributed by atoms with E-state index < -0.39 is 0 Å². The standard InChI is InChI=1S/C15H19ClN2O2/c1-10-15(19)18(9-13-6-3-7-20-13)14(17-10)11-4-2-5-12(16)8-11/h2,4-5,8,10,13-14,17H,3,6-7,9H2,1H3. The van der Waals surface area contributed by atoms with E-state index in [-0.39, 0.29) is 24.2 Å². The smallest absolute Gasteiger partial charge is 0.241 e. The summed E-state index contributed by atoms with van der Waals surface area (Å²) in [5, 5.41) is 4.02. The average Bonchev–Trinajstić information content (AvgIpc) is 3.03. The van der Waals surface area contributed by atoms with Crippen LogP contribution in [0, 0.1) is 0 Å². The fraction of sp³-hybridized carbons (Fsp3) is 0.533. The number of rotatable bonds is 3. The molecule has 2 saturated heterocycles. The fourth-order valence-corrected chi connectivity index (χ4v) is 3.13. The summed E-state index contributed by atoms with van der Waals surface area (Å²) in [5.41, 5.74) is 1.02. The zero-order chi connectivity index (χ0) is 14.1. The lowest BCUT2D eigenvalue weighted by Crippen LogP contribution is -2.37. The van der Waals surface area contributed by atoms with Crippen molar-refractivity contribution >= 4 is 17.5 Å². The Morgan fingerprint density at radius 1 is 1.50 bits per heavy atom. The molecule has 2 fully saturated rings. The molecule has 0 spiro atoms. The monoisotopic (exact) mass is 294 g/mol. The number of amides is 1. The highest BCUT2D eigenvalue weighted by Gasteiger charge is 2.38. The van der Waals surface area contributed by atoms with Gasteiger partial charge in [-0.25, -0.2) is 0 Å². The van der Waals surface area contributed by atoms with Gasteiger partial charge in [-0.05, 0) is 37.5 Å². The average molecular weight is 295 g/mol. The summed E-state index contributed by atoms with van der Waals surface area (Å²) in [5.74, 6) is 0.130. The van der Waals surface area contributed by atoms with Crippen LogP contribution in [0.3, 0.4) is 0 Å². The Balaban J connectivity index is 1.81. The predicted octanol–water partition coefficient (Wildman–Crippen LogP) is 2.34. The summed E-state index contributed by atoms with van der Waals surface area (Å²) < 4.78 is 5.66. The van der Waals surface area contributed by atoms with Crippen molar-refractivity contribution < 1.29 is 9.53 Å². The molecule has 1 aromatic carbocycles. The summed E-state index contributed by atoms with van der Waals surface area (Å²) in [4.78, 5) is 14.2. The second-order valence-electron chi connectivity index (χ2n) is 5.47. The highest BCUT2D eigenvalue weighted by Crippen LogP contribution is 2.28. The number of hydrogen-bond donors (Lipinski definition) is 1. The van der Waals surface area contributed by atoms with E-state index in [2.05, 4.69) is 5.32 Å². The van der Waals surface area contributed by atoms with Crippen LogP contribution in [0.4, 0.5) is 0 Å². The number of hydrogen-bond acceptors (Lipinski definition) is 3. The second kappa shape index (κ2) is 5.72. The molecule has 4 nitrogen and oxygen atoms in total. The molecule has 0 aromatic heterocycles. The molecule has 3 unspecified atom stereocenters. The zero-order valence-electron chi connectivity index (χ0n) is 11.5. The summed E-state index contributed by atoms with van der Waals surface area (Å²) in [6.07, 6.45) is 2.16. The zero-order valence-corrected chi connectivity index (χ0v) is 12.3. The Labute approximate surface area is 124 Å². The molecule has 3 atom stereocenters. The maximum absolute atomic E-state index is 12.3. The molecule has 108 valence electrons. The fourth-order valence-electron chi connectivity index (χ4n) is 2.93. The third kappa shape index (κ3) is 2.68. The number of halogens is 1. The van der Waals surface area contributed by atoms with Crippen molar-refractivity contribution in [3.63, 3.8) is 0 Å². The van der Waals surface area contributed by atoms with Crippen LogP contribution in [0.25, 0.3) is 0 Å². The van der Waals surface area contributed by atoms with Crippen molar-refractivity contribution in [3.8, 4) is 0 Å². The number of carbonyl (C=O) groups is 1. The first-order valence-electron chi connectivity index (χ1n) is 7.09. The van der Waals surface area contributed by atoms with Gasteiger partial charge in [-0.3, -0.25) is 10.1 Å². The Bertz CT molecular complexity index is 502. The summed E-state index contributed by atoms with van der Waals surface area (Å²) in [7, 11) is 0. The molecule has 1 aromatic rings. The van der Waals surface area contributed by atoms with E-state index in [1.54, 1.807) is 0 Å². The molecule has 2 aliphatic rings. The largest absolute Gasteiger partial charge is 0.376 e. The van der Waals surface area contributed by atoms with Crippen molar-refractivity contribution in [1.82, 2.24) is 10.2 Å². The normalized spacial score (nSPS) is 30.2. The minimum atomic E-state index is -0.166. The number of nitrogens with zero attached hydrogens (tertiary/aromatic N) is 1. The second-order valence-corrected chi connectivity index (χ2v) is 5.91. The lowest BCUT2D eigenvalue weighted by molar-refractivity contribution is -0.131. The van der Waals surface area contributed by atoms with Gasteiger partial charge in [-0.1, -0.05) is 23.7 Å². The van der Waals surface area contributed by atoms with E-state index in [9.17, 15) is 4.79 Å². The van der Waals surface area contributed by atoms with Crippen LogP contribution in [-0.2, 0) is 9.53 Å². The molecule has 5 heteroatoms. The first-order valence-corrected chi connectivity index (χ1v) is 7.46. The number of carbonyl (C=O) groups excluding carboxylic acids is 1. The number of benzene rings is 1. The van der Waals surface area contributed by atoms with Crippen LogP contribution in [-0.4, -0.2) is 36.1 Å². The van der Waals surface area contributed by atoms with Gasteiger partial charge in [0, 0.05) is 18.2 Å². The van der Waals surface area contributed by atoms with E-state index in [1.807, 2.05) is 36.1 Å². The van der Waals surface area contributed by atoms with Gasteiger partial charge in [-0.15, -0.1) is 0 Å². The van der Waals surface area contributed by atoms with Crippen LogP contribution in [0.5, 0.6) is 0 Å². The lowest BCUT2D eigenvalue weighted by Gasteiger charge is -2.27. The molecule has 1 amide bonds. The maximum atomic E-state index is 12.3. The van der Waals surface area contributed by atoms with E-state index in [0.29, 0.717) is 11.6 Å². The van der Waals surface area contributed by atoms with Crippen molar-refractivity contribution in [3.05, 3.63) is 34.9 Å². The molecule has 0 saturated carbocycles. The minimum absolute atomic E-state index is 0.111. The highest BCUT2D eigenvalue weighted by atomic mass is 35.5. The summed E-state index contributed by atoms with van der Waals surface area (Å²) >= 11 is 6.06. The highest BCUT2D eigenvalue weighted by molar-refractivity contribution is 6.30. The molecule has 3 rings (SSSR count). The molecule has 20 heavy (non-hydrogen) atoms. The van der Waals surface area contributed by atoms with E-state index in [1.165, 1.54) is 0 Å². The van der Waals surface area contributed by atoms with Crippen LogP contribution >= 0.6 is 11.6 Å². The first-order chi connectivity index (χ1) is 9.65. The van der Waals surface area contributed by atoms with Gasteiger partial charge in [0.05, 0.1) is 12.1 Å². The van der Waals surface area contributed by atoms with Crippen molar-refractivity contribution in [2.24, 2.45) is 0 Å². The third-order valence-corrected chi connectivity index (χ3v) is 4.20. The predicted molar refractivity (Wildman–Crippen MR) is 77.5 cm³/mol. The quantitative estimate of drug-likeness (QED) is 0.930. The van der Waals surface area contributed by atoms with Crippen LogP contribution < -0.4 is 5.32 Å². The van der Waals surface area contributed by atoms with E-state index in [0.717, 1.165) is 25.0 Å². The van der Waals surface area contributed by atoms with E-state index in [4.69, 9.17) is 16.3 Å². The topological polar surface area (TPSA) is 41.6 Å². The van der Waals surface area contributed by atoms with Crippen molar-refractivity contribution in [1.29, 1.82) is 0 Å². The van der Waals surface area contributed by atoms with Crippen molar-refractivity contribution in [2.75, 3.05) is 13.2 Å². The van der Waals surface area contributed by atoms with Crippen molar-refractivity contribution in [2.45, 2.75) is 38.1 Å². The Morgan fingerprint density at radius 3 is 3.05 bits per heavy atom. The molecular formula is C15H19ClN2O2.